The molecule has 1 heterocycles. The second kappa shape index (κ2) is 6.93. The van der Waals surface area contributed by atoms with Gasteiger partial charge < -0.3 is 4.90 Å². The van der Waals surface area contributed by atoms with Crippen molar-refractivity contribution < 1.29 is 13.6 Å². The number of hydrogen-bond acceptors (Lipinski definition) is 2. The molecule has 0 aromatic heterocycles. The number of carbonyl (C=O) groups is 1. The van der Waals surface area contributed by atoms with E-state index in [0.29, 0.717) is 12.6 Å². The van der Waals surface area contributed by atoms with Crippen LogP contribution in [0.25, 0.3) is 0 Å². The van der Waals surface area contributed by atoms with Crippen molar-refractivity contribution in [3.63, 3.8) is 0 Å². The largest absolute Gasteiger partial charge is 0.300 e. The quantitative estimate of drug-likeness (QED) is 0.782. The van der Waals surface area contributed by atoms with Gasteiger partial charge in [-0.3, -0.25) is 4.79 Å². The fourth-order valence-electron chi connectivity index (χ4n) is 2.77. The first kappa shape index (κ1) is 15.1. The lowest BCUT2D eigenvalue weighted by molar-refractivity contribution is 0.0949. The van der Waals surface area contributed by atoms with Gasteiger partial charge in [-0.05, 0) is 38.4 Å². The second-order valence-electron chi connectivity index (χ2n) is 5.51. The van der Waals surface area contributed by atoms with Crippen LogP contribution in [0, 0.1) is 11.6 Å². The van der Waals surface area contributed by atoms with Gasteiger partial charge >= 0.3 is 0 Å². The predicted molar refractivity (Wildman–Crippen MR) is 74.8 cm³/mol. The minimum atomic E-state index is -1.03. The summed E-state index contributed by atoms with van der Waals surface area (Å²) in [6.07, 6.45) is 4.98. The van der Waals surface area contributed by atoms with Gasteiger partial charge in [0.15, 0.2) is 17.4 Å². The van der Waals surface area contributed by atoms with E-state index in [-0.39, 0.29) is 17.8 Å². The van der Waals surface area contributed by atoms with Crippen LogP contribution < -0.4 is 0 Å². The molecular formula is C16H21F2NO. The van der Waals surface area contributed by atoms with Gasteiger partial charge in [-0.1, -0.05) is 18.9 Å². The molecule has 2 rings (SSSR count). The molecule has 4 heteroatoms. The predicted octanol–water partition coefficient (Wildman–Crippen LogP) is 3.80. The van der Waals surface area contributed by atoms with Crippen molar-refractivity contribution in [2.24, 2.45) is 0 Å². The molecule has 1 fully saturated rings. The van der Waals surface area contributed by atoms with E-state index in [4.69, 9.17) is 0 Å². The molecule has 1 saturated heterocycles. The highest BCUT2D eigenvalue weighted by atomic mass is 19.2. The maximum absolute atomic E-state index is 13.5. The van der Waals surface area contributed by atoms with E-state index in [2.05, 4.69) is 11.8 Å². The van der Waals surface area contributed by atoms with Crippen LogP contribution in [0.4, 0.5) is 8.78 Å². The minimum Gasteiger partial charge on any atom is -0.300 e. The zero-order chi connectivity index (χ0) is 14.5. The molecule has 0 bridgehead atoms. The van der Waals surface area contributed by atoms with Crippen molar-refractivity contribution >= 4 is 5.78 Å². The Morgan fingerprint density at radius 1 is 1.30 bits per heavy atom. The molecule has 0 spiro atoms. The third kappa shape index (κ3) is 3.63. The molecule has 1 atom stereocenters. The molecule has 1 aromatic rings. The van der Waals surface area contributed by atoms with Crippen LogP contribution in [0.2, 0.25) is 0 Å². The van der Waals surface area contributed by atoms with E-state index >= 15 is 0 Å². The van der Waals surface area contributed by atoms with E-state index in [1.165, 1.54) is 25.0 Å². The Hall–Kier alpha value is -1.29. The van der Waals surface area contributed by atoms with E-state index in [1.54, 1.807) is 0 Å². The topological polar surface area (TPSA) is 20.3 Å². The molecule has 2 nitrogen and oxygen atoms in total. The van der Waals surface area contributed by atoms with Crippen molar-refractivity contribution in [1.29, 1.82) is 0 Å². The number of likely N-dealkylation sites (tertiary alicyclic amines) is 1. The van der Waals surface area contributed by atoms with Gasteiger partial charge in [-0.15, -0.1) is 0 Å². The number of benzene rings is 1. The third-order valence-electron chi connectivity index (χ3n) is 4.07. The zero-order valence-electron chi connectivity index (χ0n) is 11.9. The number of carbonyl (C=O) groups excluding carboxylic acids is 1. The maximum Gasteiger partial charge on any atom is 0.169 e. The molecule has 1 aromatic carbocycles. The average molecular weight is 281 g/mol. The average Bonchev–Trinajstić information content (AvgIpc) is 2.64. The van der Waals surface area contributed by atoms with Gasteiger partial charge in [0.05, 0.1) is 5.56 Å². The van der Waals surface area contributed by atoms with Crippen LogP contribution >= 0.6 is 0 Å². The van der Waals surface area contributed by atoms with Gasteiger partial charge in [0, 0.05) is 19.0 Å². The highest BCUT2D eigenvalue weighted by Crippen LogP contribution is 2.18. The standard InChI is InChI=1S/C16H21F2NO/c1-12-6-3-2-4-10-19(12)11-9-15(20)13-7-5-8-14(17)16(13)18/h5,7-8,12H,2-4,6,9-11H2,1H3. The van der Waals surface area contributed by atoms with Gasteiger partial charge in [-0.2, -0.15) is 0 Å². The lowest BCUT2D eigenvalue weighted by atomic mass is 10.1. The summed E-state index contributed by atoms with van der Waals surface area (Å²) in [6, 6.07) is 4.22. The molecule has 110 valence electrons. The van der Waals surface area contributed by atoms with Crippen molar-refractivity contribution in [3.8, 4) is 0 Å². The molecular weight excluding hydrogens is 260 g/mol. The Kier molecular flexibility index (Phi) is 5.24. The Labute approximate surface area is 118 Å². The number of halogens is 2. The summed E-state index contributed by atoms with van der Waals surface area (Å²) < 4.78 is 26.7. The lowest BCUT2D eigenvalue weighted by Crippen LogP contribution is -2.34. The molecule has 20 heavy (non-hydrogen) atoms. The zero-order valence-corrected chi connectivity index (χ0v) is 11.9. The summed E-state index contributed by atoms with van der Waals surface area (Å²) in [5.41, 5.74) is -0.132. The number of nitrogens with zero attached hydrogens (tertiary/aromatic N) is 1. The monoisotopic (exact) mass is 281 g/mol. The van der Waals surface area contributed by atoms with Gasteiger partial charge in [0.25, 0.3) is 0 Å². The molecule has 0 radical (unpaired) electrons. The van der Waals surface area contributed by atoms with Crippen molar-refractivity contribution in [3.05, 3.63) is 35.4 Å². The smallest absolute Gasteiger partial charge is 0.169 e. The maximum atomic E-state index is 13.5. The Balaban J connectivity index is 1.96. The fraction of sp³-hybridized carbons (Fsp3) is 0.562. The Morgan fingerprint density at radius 3 is 2.90 bits per heavy atom. The van der Waals surface area contributed by atoms with E-state index in [9.17, 15) is 13.6 Å². The third-order valence-corrected chi connectivity index (χ3v) is 4.07. The number of Topliss-reactive ketones (excluding diaryl/α,β-unsaturated/α-hetero) is 1. The highest BCUT2D eigenvalue weighted by molar-refractivity contribution is 5.96. The highest BCUT2D eigenvalue weighted by Gasteiger charge is 2.20. The summed E-state index contributed by atoms with van der Waals surface area (Å²) in [5, 5.41) is 0. The van der Waals surface area contributed by atoms with Crippen molar-refractivity contribution in [1.82, 2.24) is 4.90 Å². The van der Waals surface area contributed by atoms with Crippen LogP contribution in [-0.2, 0) is 0 Å². The van der Waals surface area contributed by atoms with Crippen molar-refractivity contribution in [2.75, 3.05) is 13.1 Å². The summed E-state index contributed by atoms with van der Waals surface area (Å²) >= 11 is 0. The van der Waals surface area contributed by atoms with Crippen LogP contribution in [-0.4, -0.2) is 29.8 Å². The number of hydrogen-bond donors (Lipinski definition) is 0. The van der Waals surface area contributed by atoms with Gasteiger partial charge in [-0.25, -0.2) is 8.78 Å². The summed E-state index contributed by atoms with van der Waals surface area (Å²) in [6.45, 7) is 3.77. The van der Waals surface area contributed by atoms with Crippen LogP contribution in [0.1, 0.15) is 49.4 Å². The summed E-state index contributed by atoms with van der Waals surface area (Å²) in [7, 11) is 0. The Morgan fingerprint density at radius 2 is 2.10 bits per heavy atom. The first-order chi connectivity index (χ1) is 9.59. The van der Waals surface area contributed by atoms with Crippen LogP contribution in [0.5, 0.6) is 0 Å². The molecule has 1 unspecified atom stereocenters. The lowest BCUT2D eigenvalue weighted by Gasteiger charge is -2.26. The summed E-state index contributed by atoms with van der Waals surface area (Å²) in [4.78, 5) is 14.3. The summed E-state index contributed by atoms with van der Waals surface area (Å²) in [5.74, 6) is -2.31. The SMILES string of the molecule is CC1CCCCCN1CCC(=O)c1cccc(F)c1F. The second-order valence-corrected chi connectivity index (χ2v) is 5.51. The normalized spacial score (nSPS) is 20.6. The van der Waals surface area contributed by atoms with Crippen molar-refractivity contribution in [2.45, 2.75) is 45.1 Å². The first-order valence-corrected chi connectivity index (χ1v) is 7.31. The molecule has 0 saturated carbocycles. The van der Waals surface area contributed by atoms with Crippen LogP contribution in [0.15, 0.2) is 18.2 Å². The minimum absolute atomic E-state index is 0.132. The molecule has 1 aliphatic heterocycles. The fourth-order valence-corrected chi connectivity index (χ4v) is 2.77. The molecule has 0 amide bonds. The van der Waals surface area contributed by atoms with E-state index in [1.807, 2.05) is 0 Å². The number of ketones is 1. The van der Waals surface area contributed by atoms with Gasteiger partial charge in [0.2, 0.25) is 0 Å². The number of rotatable bonds is 4. The molecule has 0 aliphatic carbocycles. The van der Waals surface area contributed by atoms with Crippen LogP contribution in [0.3, 0.4) is 0 Å². The Bertz CT molecular complexity index is 476. The van der Waals surface area contributed by atoms with E-state index < -0.39 is 11.6 Å². The molecule has 0 N–H and O–H groups in total. The van der Waals surface area contributed by atoms with Gasteiger partial charge in [0.1, 0.15) is 0 Å². The molecule has 1 aliphatic rings. The van der Waals surface area contributed by atoms with E-state index in [0.717, 1.165) is 25.5 Å². The first-order valence-electron chi connectivity index (χ1n) is 7.31.